The van der Waals surface area contributed by atoms with E-state index < -0.39 is 57.0 Å². The van der Waals surface area contributed by atoms with Crippen LogP contribution in [0.3, 0.4) is 0 Å². The first-order valence-corrected chi connectivity index (χ1v) is 7.28. The van der Waals surface area contributed by atoms with Crippen molar-refractivity contribution in [3.63, 3.8) is 0 Å². The lowest BCUT2D eigenvalue weighted by Gasteiger charge is -2.42. The number of primary sulfonamides is 1. The molecule has 0 aliphatic carbocycles. The first kappa shape index (κ1) is 27.7. The van der Waals surface area contributed by atoms with E-state index in [9.17, 15) is 83.1 Å². The van der Waals surface area contributed by atoms with Gasteiger partial charge in [0.05, 0.1) is 0 Å². The number of hydrogen-bond donors (Lipinski definition) is 1. The van der Waals surface area contributed by atoms with Gasteiger partial charge in [-0.1, -0.05) is 0 Å². The second kappa shape index (κ2) is 6.36. The molecule has 0 atom stereocenters. The molecule has 0 unspecified atom stereocenters. The highest BCUT2D eigenvalue weighted by Gasteiger charge is 2.96. The molecule has 2 N–H and O–H groups in total. The van der Waals surface area contributed by atoms with Gasteiger partial charge in [-0.05, 0) is 0 Å². The van der Waals surface area contributed by atoms with E-state index >= 15 is 0 Å². The van der Waals surface area contributed by atoms with Crippen LogP contribution in [0.2, 0.25) is 0 Å². The van der Waals surface area contributed by atoms with Gasteiger partial charge < -0.3 is 0 Å². The normalized spacial score (nSPS) is 16.9. The highest BCUT2D eigenvalue weighted by atomic mass is 32.2. The summed E-state index contributed by atoms with van der Waals surface area (Å²) in [6.45, 7) is 0. The molecule has 0 aliphatic rings. The molecule has 0 aromatic carbocycles. The molecular weight excluding hydrogens is 505 g/mol. The highest BCUT2D eigenvalue weighted by molar-refractivity contribution is 7.90. The predicted molar refractivity (Wildman–Crippen MR) is 53.8 cm³/mol. The Bertz CT molecular complexity index is 735. The van der Waals surface area contributed by atoms with Gasteiger partial charge >= 0.3 is 47.0 Å². The van der Waals surface area contributed by atoms with Crippen molar-refractivity contribution in [2.75, 3.05) is 0 Å². The highest BCUT2D eigenvalue weighted by Crippen LogP contribution is 2.64. The van der Waals surface area contributed by atoms with Crippen LogP contribution < -0.4 is 5.14 Å². The van der Waals surface area contributed by atoms with Crippen molar-refractivity contribution in [1.29, 1.82) is 0 Å². The van der Waals surface area contributed by atoms with Crippen LogP contribution in [0, 0.1) is 0 Å². The van der Waals surface area contributed by atoms with E-state index in [1.165, 1.54) is 0 Å². The van der Waals surface area contributed by atoms with Gasteiger partial charge in [0.2, 0.25) is 0 Å². The molecule has 3 nitrogen and oxygen atoms in total. The minimum atomic E-state index is -8.84. The minimum Gasteiger partial charge on any atom is -0.223 e. The fourth-order valence-electron chi connectivity index (χ4n) is 1.33. The average molecular weight is 507 g/mol. The van der Waals surface area contributed by atoms with Crippen molar-refractivity contribution in [2.24, 2.45) is 5.14 Å². The fourth-order valence-corrected chi connectivity index (χ4v) is 1.81. The molecule has 0 amide bonds. The Labute approximate surface area is 146 Å². The van der Waals surface area contributed by atoms with Gasteiger partial charge in [0.1, 0.15) is 0 Å². The minimum absolute atomic E-state index is 3.32. The van der Waals surface area contributed by atoms with E-state index in [0.717, 1.165) is 0 Å². The molecule has 0 spiro atoms. The van der Waals surface area contributed by atoms with Crippen LogP contribution in [0.1, 0.15) is 0 Å². The summed E-state index contributed by atoms with van der Waals surface area (Å²) in [5.74, 6) is -51.6. The summed E-state index contributed by atoms with van der Waals surface area (Å²) in [5.41, 5.74) is 0. The summed E-state index contributed by atoms with van der Waals surface area (Å²) in [4.78, 5) is 0. The molecule has 0 aromatic heterocycles. The molecule has 0 rings (SSSR count). The van der Waals surface area contributed by atoms with Gasteiger partial charge in [-0.25, -0.2) is 13.6 Å². The summed E-state index contributed by atoms with van der Waals surface area (Å²) in [7, 11) is -7.39. The van der Waals surface area contributed by atoms with E-state index in [1.807, 2.05) is 0 Å². The summed E-state index contributed by atoms with van der Waals surface area (Å²) in [6, 6.07) is 0. The topological polar surface area (TPSA) is 60.2 Å². The molecule has 0 saturated heterocycles. The van der Waals surface area contributed by atoms with Crippen molar-refractivity contribution in [3.8, 4) is 0 Å². The molecule has 0 heterocycles. The quantitative estimate of drug-likeness (QED) is 0.414. The van der Waals surface area contributed by atoms with Crippen molar-refractivity contribution < 1.29 is 83.1 Å². The third-order valence-electron chi connectivity index (χ3n) is 3.05. The number of sulfonamides is 1. The Morgan fingerprint density at radius 3 is 0.828 bits per heavy atom. The van der Waals surface area contributed by atoms with E-state index in [2.05, 4.69) is 5.14 Å². The Balaban J connectivity index is 6.90. The molecule has 0 bridgehead atoms. The lowest BCUT2D eigenvalue weighted by Crippen LogP contribution is -2.75. The second-order valence-electron chi connectivity index (χ2n) is 5.01. The molecule has 29 heavy (non-hydrogen) atoms. The maximum absolute atomic E-state index is 13.1. The molecule has 0 aromatic rings. The Morgan fingerprint density at radius 1 is 0.414 bits per heavy atom. The van der Waals surface area contributed by atoms with Gasteiger partial charge in [-0.3, -0.25) is 0 Å². The first-order chi connectivity index (χ1) is 12.0. The predicted octanol–water partition coefficient (Wildman–Crippen LogP) is 4.24. The Morgan fingerprint density at radius 2 is 0.621 bits per heavy atom. The number of nitrogens with two attached hydrogens (primary N) is 1. The van der Waals surface area contributed by atoms with Crippen LogP contribution in [0.5, 0.6) is 0 Å². The number of rotatable bonds is 7. The first-order valence-electron chi connectivity index (χ1n) is 5.74. The smallest absolute Gasteiger partial charge is 0.223 e. The molecule has 21 heteroatoms. The average Bonchev–Trinajstić information content (AvgIpc) is 2.43. The van der Waals surface area contributed by atoms with Crippen LogP contribution in [-0.4, -0.2) is 55.4 Å². The summed E-state index contributed by atoms with van der Waals surface area (Å²) in [6.07, 6.45) is -7.86. The second-order valence-corrected chi connectivity index (χ2v) is 6.61. The molecular formula is C8H2F17NO2S. The van der Waals surface area contributed by atoms with Gasteiger partial charge in [0.15, 0.2) is 0 Å². The van der Waals surface area contributed by atoms with Crippen LogP contribution in [-0.2, 0) is 10.0 Å². The van der Waals surface area contributed by atoms with Crippen LogP contribution in [0.15, 0.2) is 0 Å². The summed E-state index contributed by atoms with van der Waals surface area (Å²) in [5, 5.41) is -4.30. The van der Waals surface area contributed by atoms with Crippen molar-refractivity contribution in [2.45, 2.75) is 47.0 Å². The third-order valence-corrected chi connectivity index (χ3v) is 4.02. The number of alkyl halides is 17. The van der Waals surface area contributed by atoms with E-state index in [4.69, 9.17) is 0 Å². The lowest BCUT2D eigenvalue weighted by molar-refractivity contribution is -0.458. The van der Waals surface area contributed by atoms with Crippen molar-refractivity contribution >= 4 is 10.0 Å². The molecule has 0 fully saturated rings. The van der Waals surface area contributed by atoms with Gasteiger partial charge in [0, 0.05) is 0 Å². The monoisotopic (exact) mass is 507 g/mol. The molecule has 0 aliphatic heterocycles. The fraction of sp³-hybridized carbons (Fsp3) is 1.00. The number of halogens is 17. The van der Waals surface area contributed by atoms with E-state index in [-0.39, 0.29) is 0 Å². The van der Waals surface area contributed by atoms with Crippen LogP contribution in [0.4, 0.5) is 74.6 Å². The zero-order valence-corrected chi connectivity index (χ0v) is 13.0. The SMILES string of the molecule is NS(=O)(=O)[13C](F)(F)[13C](F)(F)[13C](F)(F)[13C](F)(F)[13C](F)(F)[13C](F)(F)[13C](F)(F)[13C](F)(F)F. The van der Waals surface area contributed by atoms with Crippen molar-refractivity contribution in [3.05, 3.63) is 0 Å². The molecule has 0 radical (unpaired) electrons. The van der Waals surface area contributed by atoms with Gasteiger partial charge in [-0.15, -0.1) is 0 Å². The van der Waals surface area contributed by atoms with Crippen molar-refractivity contribution in [1.82, 2.24) is 0 Å². The molecule has 0 saturated carbocycles. The maximum Gasteiger partial charge on any atom is 0.460 e. The summed E-state index contributed by atoms with van der Waals surface area (Å²) >= 11 is 0. The Kier molecular flexibility index (Phi) is 6.08. The lowest BCUT2D eigenvalue weighted by atomic mass is 10.9. The number of hydrogen-bond acceptors (Lipinski definition) is 2. The van der Waals surface area contributed by atoms with Crippen LogP contribution >= 0.6 is 0 Å². The van der Waals surface area contributed by atoms with E-state index in [0.29, 0.717) is 0 Å². The van der Waals surface area contributed by atoms with Gasteiger partial charge in [-0.2, -0.15) is 74.6 Å². The zero-order chi connectivity index (χ0) is 24.5. The van der Waals surface area contributed by atoms with Gasteiger partial charge in [0.25, 0.3) is 10.0 Å². The van der Waals surface area contributed by atoms with Crippen LogP contribution in [0.25, 0.3) is 0 Å². The molecule has 176 valence electrons. The Hall–Kier alpha value is -1.28. The standard InChI is InChI=1S/C8H2F17NO2S/c9-1(10,3(13,14)5(17,18)7(21,22)23)2(11,12)4(15,16)6(19,20)8(24,25)29(26,27)28/h(H2,26,27,28)/i1+1,2+1,3+1,4+1,5+1,6+1,7+1,8+1. The largest absolute Gasteiger partial charge is 0.460 e. The van der Waals surface area contributed by atoms with E-state index in [1.54, 1.807) is 0 Å². The maximum atomic E-state index is 13.1. The summed E-state index contributed by atoms with van der Waals surface area (Å²) < 4.78 is 236. The third kappa shape index (κ3) is 3.26. The zero-order valence-electron chi connectivity index (χ0n) is 12.2.